The molecular weight excluding hydrogens is 264 g/mol. The Bertz CT molecular complexity index is 482. The smallest absolute Gasteiger partial charge is 0.224 e. The fraction of sp³-hybridized carbons (Fsp3) is 0.588. The Morgan fingerprint density at radius 3 is 2.71 bits per heavy atom. The van der Waals surface area contributed by atoms with Crippen molar-refractivity contribution in [3.63, 3.8) is 0 Å². The van der Waals surface area contributed by atoms with Gasteiger partial charge in [0.25, 0.3) is 0 Å². The molecule has 1 fully saturated rings. The second-order valence-corrected chi connectivity index (χ2v) is 5.78. The van der Waals surface area contributed by atoms with E-state index in [1.54, 1.807) is 0 Å². The van der Waals surface area contributed by atoms with E-state index in [1.807, 2.05) is 4.90 Å². The maximum absolute atomic E-state index is 12.1. The average molecular weight is 290 g/mol. The van der Waals surface area contributed by atoms with Gasteiger partial charge >= 0.3 is 0 Å². The third-order valence-corrected chi connectivity index (χ3v) is 4.04. The second-order valence-electron chi connectivity index (χ2n) is 5.78. The molecule has 21 heavy (non-hydrogen) atoms. The quantitative estimate of drug-likeness (QED) is 0.904. The van der Waals surface area contributed by atoms with Gasteiger partial charge in [0.05, 0.1) is 13.2 Å². The maximum Gasteiger partial charge on any atom is 0.224 e. The number of benzene rings is 1. The normalized spacial score (nSPS) is 16.8. The first-order valence-corrected chi connectivity index (χ1v) is 7.74. The Kier molecular flexibility index (Phi) is 5.76. The minimum Gasteiger partial charge on any atom is -0.378 e. The molecule has 0 radical (unpaired) electrons. The van der Waals surface area contributed by atoms with Gasteiger partial charge < -0.3 is 15.0 Å². The van der Waals surface area contributed by atoms with Crippen molar-refractivity contribution >= 4 is 5.91 Å². The van der Waals surface area contributed by atoms with Gasteiger partial charge in [-0.3, -0.25) is 4.79 Å². The van der Waals surface area contributed by atoms with E-state index in [4.69, 9.17) is 4.74 Å². The number of carbonyl (C=O) groups excluding carboxylic acids is 1. The molecule has 1 amide bonds. The first-order chi connectivity index (χ1) is 10.1. The standard InChI is InChI=1S/C17H26N2O2/c1-13-4-5-16(14(2)12-13)15(3)18-7-6-17(20)19-8-10-21-11-9-19/h4-5,12,15,18H,6-11H2,1-3H3. The van der Waals surface area contributed by atoms with Crippen LogP contribution >= 0.6 is 0 Å². The van der Waals surface area contributed by atoms with Crippen LogP contribution < -0.4 is 5.32 Å². The van der Waals surface area contributed by atoms with Crippen LogP contribution in [0.25, 0.3) is 0 Å². The van der Waals surface area contributed by atoms with Crippen molar-refractivity contribution in [2.75, 3.05) is 32.8 Å². The summed E-state index contributed by atoms with van der Waals surface area (Å²) in [5.74, 6) is 0.221. The zero-order valence-corrected chi connectivity index (χ0v) is 13.3. The minimum absolute atomic E-state index is 0.221. The van der Waals surface area contributed by atoms with Crippen molar-refractivity contribution in [3.05, 3.63) is 34.9 Å². The van der Waals surface area contributed by atoms with Crippen LogP contribution in [-0.4, -0.2) is 43.7 Å². The van der Waals surface area contributed by atoms with Crippen LogP contribution in [0.5, 0.6) is 0 Å². The molecule has 0 saturated carbocycles. The van der Waals surface area contributed by atoms with Gasteiger partial charge in [0.1, 0.15) is 0 Å². The third kappa shape index (κ3) is 4.55. The summed E-state index contributed by atoms with van der Waals surface area (Å²) in [5, 5.41) is 3.45. The van der Waals surface area contributed by atoms with E-state index in [2.05, 4.69) is 44.3 Å². The van der Waals surface area contributed by atoms with E-state index in [-0.39, 0.29) is 11.9 Å². The summed E-state index contributed by atoms with van der Waals surface area (Å²) in [6.07, 6.45) is 0.551. The lowest BCUT2D eigenvalue weighted by Gasteiger charge is -2.27. The number of morpholine rings is 1. The van der Waals surface area contributed by atoms with Crippen LogP contribution in [-0.2, 0) is 9.53 Å². The highest BCUT2D eigenvalue weighted by molar-refractivity contribution is 5.76. The van der Waals surface area contributed by atoms with E-state index in [9.17, 15) is 4.79 Å². The van der Waals surface area contributed by atoms with E-state index in [1.165, 1.54) is 16.7 Å². The number of hydrogen-bond acceptors (Lipinski definition) is 3. The van der Waals surface area contributed by atoms with Gasteiger partial charge in [0.15, 0.2) is 0 Å². The first-order valence-electron chi connectivity index (χ1n) is 7.74. The predicted molar refractivity (Wildman–Crippen MR) is 84.3 cm³/mol. The molecule has 0 aliphatic carbocycles. The highest BCUT2D eigenvalue weighted by Gasteiger charge is 2.16. The van der Waals surface area contributed by atoms with Crippen molar-refractivity contribution in [2.24, 2.45) is 0 Å². The van der Waals surface area contributed by atoms with Crippen molar-refractivity contribution in [1.29, 1.82) is 0 Å². The van der Waals surface area contributed by atoms with Crippen molar-refractivity contribution < 1.29 is 9.53 Å². The summed E-state index contributed by atoms with van der Waals surface area (Å²) in [7, 11) is 0. The Morgan fingerprint density at radius 1 is 1.33 bits per heavy atom. The third-order valence-electron chi connectivity index (χ3n) is 4.04. The SMILES string of the molecule is Cc1ccc(C(C)NCCC(=O)N2CCOCC2)c(C)c1. The molecule has 4 heteroatoms. The second kappa shape index (κ2) is 7.57. The molecule has 0 bridgehead atoms. The number of carbonyl (C=O) groups is 1. The number of aryl methyl sites for hydroxylation is 2. The van der Waals surface area contributed by atoms with Gasteiger partial charge in [-0.25, -0.2) is 0 Å². The number of ether oxygens (including phenoxy) is 1. The maximum atomic E-state index is 12.1. The predicted octanol–water partition coefficient (Wildman–Crippen LogP) is 2.20. The Balaban J connectivity index is 1.78. The fourth-order valence-corrected chi connectivity index (χ4v) is 2.79. The molecule has 1 unspecified atom stereocenters. The number of hydrogen-bond donors (Lipinski definition) is 1. The summed E-state index contributed by atoms with van der Waals surface area (Å²) in [5.41, 5.74) is 3.89. The van der Waals surface area contributed by atoms with Gasteiger partial charge in [-0.15, -0.1) is 0 Å². The highest BCUT2D eigenvalue weighted by Crippen LogP contribution is 2.18. The zero-order valence-electron chi connectivity index (χ0n) is 13.3. The monoisotopic (exact) mass is 290 g/mol. The Morgan fingerprint density at radius 2 is 2.05 bits per heavy atom. The molecule has 1 aliphatic heterocycles. The van der Waals surface area contributed by atoms with Crippen LogP contribution in [0.3, 0.4) is 0 Å². The van der Waals surface area contributed by atoms with Crippen LogP contribution in [0.2, 0.25) is 0 Å². The van der Waals surface area contributed by atoms with Gasteiger partial charge in [-0.2, -0.15) is 0 Å². The molecule has 116 valence electrons. The molecule has 1 aliphatic rings. The molecule has 1 aromatic rings. The zero-order chi connectivity index (χ0) is 15.2. The molecular formula is C17H26N2O2. The molecule has 1 atom stereocenters. The lowest BCUT2D eigenvalue weighted by Crippen LogP contribution is -2.41. The minimum atomic E-state index is 0.221. The summed E-state index contributed by atoms with van der Waals surface area (Å²) >= 11 is 0. The van der Waals surface area contributed by atoms with E-state index < -0.39 is 0 Å². The molecule has 1 heterocycles. The van der Waals surface area contributed by atoms with E-state index in [0.29, 0.717) is 26.2 Å². The van der Waals surface area contributed by atoms with Gasteiger partial charge in [0.2, 0.25) is 5.91 Å². The van der Waals surface area contributed by atoms with Gasteiger partial charge in [-0.1, -0.05) is 23.8 Å². The van der Waals surface area contributed by atoms with Gasteiger partial charge in [-0.05, 0) is 31.9 Å². The van der Waals surface area contributed by atoms with E-state index >= 15 is 0 Å². The number of amides is 1. The number of rotatable bonds is 5. The van der Waals surface area contributed by atoms with Gasteiger partial charge in [0, 0.05) is 32.1 Å². The molecule has 0 spiro atoms. The fourth-order valence-electron chi connectivity index (χ4n) is 2.79. The van der Waals surface area contributed by atoms with Crippen LogP contribution in [0, 0.1) is 13.8 Å². The molecule has 0 aromatic heterocycles. The van der Waals surface area contributed by atoms with Crippen molar-refractivity contribution in [1.82, 2.24) is 10.2 Å². The Hall–Kier alpha value is -1.39. The number of nitrogens with zero attached hydrogens (tertiary/aromatic N) is 1. The molecule has 1 N–H and O–H groups in total. The largest absolute Gasteiger partial charge is 0.378 e. The van der Waals surface area contributed by atoms with Crippen LogP contribution in [0.1, 0.15) is 36.1 Å². The molecule has 2 rings (SSSR count). The topological polar surface area (TPSA) is 41.6 Å². The summed E-state index contributed by atoms with van der Waals surface area (Å²) < 4.78 is 5.26. The molecule has 1 saturated heterocycles. The molecule has 4 nitrogen and oxygen atoms in total. The summed E-state index contributed by atoms with van der Waals surface area (Å²) in [6.45, 7) is 9.89. The lowest BCUT2D eigenvalue weighted by molar-refractivity contribution is -0.135. The van der Waals surface area contributed by atoms with E-state index in [0.717, 1.165) is 13.1 Å². The van der Waals surface area contributed by atoms with Crippen LogP contribution in [0.15, 0.2) is 18.2 Å². The highest BCUT2D eigenvalue weighted by atomic mass is 16.5. The average Bonchev–Trinajstić information content (AvgIpc) is 2.47. The summed E-state index contributed by atoms with van der Waals surface area (Å²) in [6, 6.07) is 6.78. The Labute approximate surface area is 127 Å². The van der Waals surface area contributed by atoms with Crippen molar-refractivity contribution in [2.45, 2.75) is 33.2 Å². The van der Waals surface area contributed by atoms with Crippen LogP contribution in [0.4, 0.5) is 0 Å². The number of nitrogens with one attached hydrogen (secondary N) is 1. The first kappa shape index (κ1) is 16.0. The van der Waals surface area contributed by atoms with Crippen molar-refractivity contribution in [3.8, 4) is 0 Å². The lowest BCUT2D eigenvalue weighted by atomic mass is 10.0. The molecule has 1 aromatic carbocycles. The summed E-state index contributed by atoms with van der Waals surface area (Å²) in [4.78, 5) is 14.0.